The van der Waals surface area contributed by atoms with Crippen molar-refractivity contribution in [3.05, 3.63) is 0 Å². The van der Waals surface area contributed by atoms with Crippen LogP contribution in [0.5, 0.6) is 0 Å². The average molecular weight is 268 g/mol. The molecule has 1 saturated heterocycles. The molecule has 112 valence electrons. The summed E-state index contributed by atoms with van der Waals surface area (Å²) in [5.41, 5.74) is 6.54. The van der Waals surface area contributed by atoms with Crippen LogP contribution in [0.3, 0.4) is 0 Å². The largest absolute Gasteiger partial charge is 0.376 e. The molecule has 2 fully saturated rings. The molecule has 1 saturated carbocycles. The lowest BCUT2D eigenvalue weighted by Gasteiger charge is -2.54. The lowest BCUT2D eigenvalue weighted by Crippen LogP contribution is -2.64. The van der Waals surface area contributed by atoms with Gasteiger partial charge in [0.25, 0.3) is 0 Å². The van der Waals surface area contributed by atoms with E-state index in [9.17, 15) is 0 Å². The second-order valence-corrected chi connectivity index (χ2v) is 6.75. The van der Waals surface area contributed by atoms with Crippen LogP contribution in [0.15, 0.2) is 0 Å². The van der Waals surface area contributed by atoms with Crippen LogP contribution in [-0.4, -0.2) is 42.8 Å². The van der Waals surface area contributed by atoms with Gasteiger partial charge >= 0.3 is 0 Å². The summed E-state index contributed by atoms with van der Waals surface area (Å²) in [5, 5.41) is 0. The molecular weight excluding hydrogens is 236 g/mol. The molecule has 19 heavy (non-hydrogen) atoms. The number of hydrogen-bond donors (Lipinski definition) is 1. The van der Waals surface area contributed by atoms with E-state index < -0.39 is 0 Å². The molecule has 0 amide bonds. The van der Waals surface area contributed by atoms with Crippen LogP contribution >= 0.6 is 0 Å². The molecule has 1 heterocycles. The van der Waals surface area contributed by atoms with Gasteiger partial charge in [-0.25, -0.2) is 0 Å². The van der Waals surface area contributed by atoms with Crippen LogP contribution in [0, 0.1) is 11.8 Å². The Morgan fingerprint density at radius 1 is 1.37 bits per heavy atom. The lowest BCUT2D eigenvalue weighted by molar-refractivity contribution is -0.102. The molecule has 0 spiro atoms. The van der Waals surface area contributed by atoms with E-state index in [4.69, 9.17) is 10.5 Å². The van der Waals surface area contributed by atoms with Crippen LogP contribution in [0.25, 0.3) is 0 Å². The zero-order valence-electron chi connectivity index (χ0n) is 13.0. The summed E-state index contributed by atoms with van der Waals surface area (Å²) in [7, 11) is 0. The zero-order chi connectivity index (χ0) is 13.9. The molecule has 3 atom stereocenters. The normalized spacial score (nSPS) is 37.7. The maximum Gasteiger partial charge on any atom is 0.0700 e. The van der Waals surface area contributed by atoms with Gasteiger partial charge in [-0.1, -0.05) is 33.6 Å². The standard InChI is InChI=1S/C16H32N2O/c1-4-14-11-18(9-10-19-14)16(12-17)8-6-5-7-15(16)13(2)3/h13-15H,4-12,17H2,1-3H3. The van der Waals surface area contributed by atoms with E-state index in [1.807, 2.05) is 0 Å². The fourth-order valence-electron chi connectivity index (χ4n) is 4.35. The van der Waals surface area contributed by atoms with E-state index in [0.717, 1.165) is 44.5 Å². The third kappa shape index (κ3) is 2.98. The lowest BCUT2D eigenvalue weighted by atomic mass is 9.66. The zero-order valence-corrected chi connectivity index (χ0v) is 13.0. The van der Waals surface area contributed by atoms with Crippen molar-refractivity contribution >= 4 is 0 Å². The van der Waals surface area contributed by atoms with Crippen LogP contribution in [0.1, 0.15) is 52.9 Å². The third-order valence-electron chi connectivity index (χ3n) is 5.45. The van der Waals surface area contributed by atoms with E-state index in [-0.39, 0.29) is 5.54 Å². The number of nitrogens with zero attached hydrogens (tertiary/aromatic N) is 1. The molecule has 2 N–H and O–H groups in total. The summed E-state index contributed by atoms with van der Waals surface area (Å²) < 4.78 is 5.85. The van der Waals surface area contributed by atoms with Crippen molar-refractivity contribution in [2.75, 3.05) is 26.2 Å². The molecule has 0 aromatic carbocycles. The van der Waals surface area contributed by atoms with Crippen molar-refractivity contribution in [1.29, 1.82) is 0 Å². The third-order valence-corrected chi connectivity index (χ3v) is 5.45. The summed E-state index contributed by atoms with van der Waals surface area (Å²) >= 11 is 0. The molecule has 2 aliphatic rings. The SMILES string of the molecule is CCC1CN(C2(CN)CCCCC2C(C)C)CCO1. The molecule has 0 aromatic heterocycles. The van der Waals surface area contributed by atoms with Crippen molar-refractivity contribution in [1.82, 2.24) is 4.90 Å². The molecule has 3 unspecified atom stereocenters. The molecule has 0 bridgehead atoms. The van der Waals surface area contributed by atoms with Gasteiger partial charge in [0, 0.05) is 25.2 Å². The summed E-state index contributed by atoms with van der Waals surface area (Å²) in [6.07, 6.45) is 6.88. The van der Waals surface area contributed by atoms with Crippen molar-refractivity contribution in [2.24, 2.45) is 17.6 Å². The van der Waals surface area contributed by atoms with Gasteiger partial charge in [-0.2, -0.15) is 0 Å². The molecule has 2 rings (SSSR count). The van der Waals surface area contributed by atoms with Gasteiger partial charge in [0.1, 0.15) is 0 Å². The van der Waals surface area contributed by atoms with Crippen molar-refractivity contribution in [3.63, 3.8) is 0 Å². The Hall–Kier alpha value is -0.120. The van der Waals surface area contributed by atoms with E-state index in [0.29, 0.717) is 6.10 Å². The minimum atomic E-state index is 0.240. The topological polar surface area (TPSA) is 38.5 Å². The molecule has 1 aliphatic carbocycles. The first-order chi connectivity index (χ1) is 9.14. The van der Waals surface area contributed by atoms with Crippen LogP contribution < -0.4 is 5.73 Å². The van der Waals surface area contributed by atoms with E-state index in [1.54, 1.807) is 0 Å². The van der Waals surface area contributed by atoms with Gasteiger partial charge in [0.15, 0.2) is 0 Å². The number of rotatable bonds is 4. The smallest absolute Gasteiger partial charge is 0.0700 e. The summed E-state index contributed by atoms with van der Waals surface area (Å²) in [6.45, 7) is 10.8. The first kappa shape index (κ1) is 15.3. The quantitative estimate of drug-likeness (QED) is 0.852. The number of ether oxygens (including phenoxy) is 1. The van der Waals surface area contributed by atoms with Crippen LogP contribution in [0.4, 0.5) is 0 Å². The molecule has 1 aliphatic heterocycles. The first-order valence-corrected chi connectivity index (χ1v) is 8.20. The van der Waals surface area contributed by atoms with Gasteiger partial charge in [0.05, 0.1) is 12.7 Å². The molecule has 3 nitrogen and oxygen atoms in total. The summed E-state index contributed by atoms with van der Waals surface area (Å²) in [5.74, 6) is 1.48. The Morgan fingerprint density at radius 2 is 2.16 bits per heavy atom. The van der Waals surface area contributed by atoms with Gasteiger partial charge in [-0.05, 0) is 31.1 Å². The Morgan fingerprint density at radius 3 is 2.79 bits per heavy atom. The second kappa shape index (κ2) is 6.55. The van der Waals surface area contributed by atoms with Gasteiger partial charge in [-0.15, -0.1) is 0 Å². The molecule has 3 heteroatoms. The predicted octanol–water partition coefficient (Wildman–Crippen LogP) is 2.64. The van der Waals surface area contributed by atoms with E-state index in [1.165, 1.54) is 25.7 Å². The summed E-state index contributed by atoms with van der Waals surface area (Å²) in [6, 6.07) is 0. The van der Waals surface area contributed by atoms with Gasteiger partial charge in [0.2, 0.25) is 0 Å². The predicted molar refractivity (Wildman–Crippen MR) is 80.2 cm³/mol. The highest BCUT2D eigenvalue weighted by atomic mass is 16.5. The Balaban J connectivity index is 2.18. The second-order valence-electron chi connectivity index (χ2n) is 6.75. The maximum atomic E-state index is 6.30. The molecule has 0 aromatic rings. The minimum absolute atomic E-state index is 0.240. The average Bonchev–Trinajstić information content (AvgIpc) is 2.47. The van der Waals surface area contributed by atoms with Crippen LogP contribution in [0.2, 0.25) is 0 Å². The minimum Gasteiger partial charge on any atom is -0.376 e. The number of nitrogens with two attached hydrogens (primary N) is 1. The highest BCUT2D eigenvalue weighted by Crippen LogP contribution is 2.42. The Labute approximate surface area is 118 Å². The highest BCUT2D eigenvalue weighted by molar-refractivity contribution is 5.02. The Bertz CT molecular complexity index is 282. The van der Waals surface area contributed by atoms with Crippen molar-refractivity contribution in [3.8, 4) is 0 Å². The van der Waals surface area contributed by atoms with Crippen LogP contribution in [-0.2, 0) is 4.74 Å². The molecule has 0 radical (unpaired) electrons. The summed E-state index contributed by atoms with van der Waals surface area (Å²) in [4.78, 5) is 2.69. The van der Waals surface area contributed by atoms with Crippen molar-refractivity contribution < 1.29 is 4.74 Å². The maximum absolute atomic E-state index is 6.30. The molecular formula is C16H32N2O. The van der Waals surface area contributed by atoms with Crippen molar-refractivity contribution in [2.45, 2.75) is 64.5 Å². The van der Waals surface area contributed by atoms with Gasteiger partial charge in [-0.3, -0.25) is 4.90 Å². The Kier molecular flexibility index (Phi) is 5.27. The van der Waals surface area contributed by atoms with E-state index in [2.05, 4.69) is 25.7 Å². The highest BCUT2D eigenvalue weighted by Gasteiger charge is 2.46. The number of morpholine rings is 1. The van der Waals surface area contributed by atoms with Gasteiger partial charge < -0.3 is 10.5 Å². The van der Waals surface area contributed by atoms with E-state index >= 15 is 0 Å². The fourth-order valence-corrected chi connectivity index (χ4v) is 4.35. The monoisotopic (exact) mass is 268 g/mol. The fraction of sp³-hybridized carbons (Fsp3) is 1.00. The number of hydrogen-bond acceptors (Lipinski definition) is 3. The first-order valence-electron chi connectivity index (χ1n) is 8.20.